The molecule has 0 spiro atoms. The van der Waals surface area contributed by atoms with Crippen LogP contribution in [-0.4, -0.2) is 63.8 Å². The highest BCUT2D eigenvalue weighted by molar-refractivity contribution is 7.89. The Morgan fingerprint density at radius 1 is 1.17 bits per heavy atom. The predicted octanol–water partition coefficient (Wildman–Crippen LogP) is 0.503. The summed E-state index contributed by atoms with van der Waals surface area (Å²) < 4.78 is 31.8. The minimum Gasteiger partial charge on any atom is -0.468 e. The van der Waals surface area contributed by atoms with E-state index >= 15 is 0 Å². The minimum atomic E-state index is -3.76. The van der Waals surface area contributed by atoms with E-state index < -0.39 is 21.9 Å². The van der Waals surface area contributed by atoms with Gasteiger partial charge >= 0.3 is 5.97 Å². The lowest BCUT2D eigenvalue weighted by molar-refractivity contribution is -0.141. The van der Waals surface area contributed by atoms with Crippen LogP contribution in [0.15, 0.2) is 29.2 Å². The number of nitrogens with one attached hydrogen (secondary N) is 1. The molecular formula is C19H25N3O6S. The Morgan fingerprint density at radius 2 is 1.90 bits per heavy atom. The van der Waals surface area contributed by atoms with Crippen molar-refractivity contribution in [3.8, 4) is 0 Å². The Bertz CT molecular complexity index is 884. The summed E-state index contributed by atoms with van der Waals surface area (Å²) in [6.07, 6.45) is 2.41. The summed E-state index contributed by atoms with van der Waals surface area (Å²) in [7, 11) is -2.53. The molecule has 9 nitrogen and oxygen atoms in total. The smallest absolute Gasteiger partial charge is 0.325 e. The highest BCUT2D eigenvalue weighted by atomic mass is 32.2. The molecule has 29 heavy (non-hydrogen) atoms. The quantitative estimate of drug-likeness (QED) is 0.667. The molecule has 1 N–H and O–H groups in total. The van der Waals surface area contributed by atoms with Gasteiger partial charge in [0.25, 0.3) is 0 Å². The third-order valence-corrected chi connectivity index (χ3v) is 7.13. The van der Waals surface area contributed by atoms with Crippen molar-refractivity contribution in [3.63, 3.8) is 0 Å². The molecule has 2 aliphatic heterocycles. The van der Waals surface area contributed by atoms with E-state index in [1.165, 1.54) is 23.5 Å². The molecule has 0 aromatic heterocycles. The normalized spacial score (nSPS) is 20.5. The maximum absolute atomic E-state index is 13.0. The first-order chi connectivity index (χ1) is 13.8. The number of hydrogen-bond acceptors (Lipinski definition) is 6. The average molecular weight is 423 g/mol. The number of amides is 2. The van der Waals surface area contributed by atoms with Gasteiger partial charge in [-0.05, 0) is 43.5 Å². The first kappa shape index (κ1) is 21.3. The highest BCUT2D eigenvalue weighted by Gasteiger charge is 2.33. The van der Waals surface area contributed by atoms with Crippen LogP contribution in [0.25, 0.3) is 0 Å². The largest absolute Gasteiger partial charge is 0.468 e. The molecule has 158 valence electrons. The maximum Gasteiger partial charge on any atom is 0.325 e. The molecule has 2 fully saturated rings. The van der Waals surface area contributed by atoms with Crippen molar-refractivity contribution in [1.29, 1.82) is 0 Å². The zero-order valence-electron chi connectivity index (χ0n) is 16.3. The molecule has 2 amide bonds. The van der Waals surface area contributed by atoms with Crippen molar-refractivity contribution in [2.45, 2.75) is 30.6 Å². The molecule has 2 heterocycles. The molecule has 0 unspecified atom stereocenters. The topological polar surface area (TPSA) is 113 Å². The number of rotatable bonds is 6. The summed E-state index contributed by atoms with van der Waals surface area (Å²) in [4.78, 5) is 37.1. The van der Waals surface area contributed by atoms with Crippen LogP contribution in [0.1, 0.15) is 25.7 Å². The fourth-order valence-electron chi connectivity index (χ4n) is 3.62. The Kier molecular flexibility index (Phi) is 6.53. The molecule has 2 saturated heterocycles. The maximum atomic E-state index is 13.0. The van der Waals surface area contributed by atoms with Gasteiger partial charge in [0.15, 0.2) is 0 Å². The van der Waals surface area contributed by atoms with Gasteiger partial charge in [-0.15, -0.1) is 0 Å². The lowest BCUT2D eigenvalue weighted by Gasteiger charge is -2.31. The summed E-state index contributed by atoms with van der Waals surface area (Å²) in [6, 6.07) is 6.27. The van der Waals surface area contributed by atoms with Gasteiger partial charge < -0.3 is 15.0 Å². The molecule has 1 atom stereocenters. The zero-order chi connectivity index (χ0) is 21.0. The molecule has 3 rings (SSSR count). The molecule has 0 saturated carbocycles. The lowest BCUT2D eigenvalue weighted by atomic mass is 9.99. The van der Waals surface area contributed by atoms with Gasteiger partial charge in [0.2, 0.25) is 21.8 Å². The zero-order valence-corrected chi connectivity index (χ0v) is 17.1. The minimum absolute atomic E-state index is 0.0393. The van der Waals surface area contributed by atoms with Gasteiger partial charge in [0.05, 0.1) is 17.9 Å². The van der Waals surface area contributed by atoms with E-state index in [4.69, 9.17) is 0 Å². The Balaban J connectivity index is 1.67. The number of sulfonamides is 1. The summed E-state index contributed by atoms with van der Waals surface area (Å²) in [6.45, 7) is 0.784. The van der Waals surface area contributed by atoms with Gasteiger partial charge in [0, 0.05) is 31.7 Å². The van der Waals surface area contributed by atoms with E-state index in [0.717, 1.165) is 6.42 Å². The van der Waals surface area contributed by atoms with Crippen molar-refractivity contribution < 1.29 is 27.5 Å². The number of nitrogens with zero attached hydrogens (tertiary/aromatic N) is 2. The van der Waals surface area contributed by atoms with Crippen LogP contribution in [0.2, 0.25) is 0 Å². The van der Waals surface area contributed by atoms with E-state index in [0.29, 0.717) is 38.0 Å². The predicted molar refractivity (Wildman–Crippen MR) is 105 cm³/mol. The second kappa shape index (κ2) is 8.91. The number of piperidine rings is 1. The van der Waals surface area contributed by atoms with Crippen molar-refractivity contribution in [3.05, 3.63) is 24.3 Å². The first-order valence-electron chi connectivity index (χ1n) is 9.58. The van der Waals surface area contributed by atoms with Gasteiger partial charge in [0.1, 0.15) is 6.54 Å². The molecule has 1 aromatic rings. The fourth-order valence-corrected chi connectivity index (χ4v) is 5.14. The average Bonchev–Trinajstić information content (AvgIpc) is 3.17. The van der Waals surface area contributed by atoms with E-state index in [1.807, 2.05) is 0 Å². The molecular weight excluding hydrogens is 398 g/mol. The lowest BCUT2D eigenvalue weighted by Crippen LogP contribution is -2.46. The van der Waals surface area contributed by atoms with Crippen molar-refractivity contribution in [2.75, 3.05) is 38.2 Å². The van der Waals surface area contributed by atoms with E-state index in [-0.39, 0.29) is 29.8 Å². The summed E-state index contributed by atoms with van der Waals surface area (Å²) in [5, 5.41) is 2.49. The van der Waals surface area contributed by atoms with Crippen molar-refractivity contribution >= 4 is 33.5 Å². The van der Waals surface area contributed by atoms with Crippen molar-refractivity contribution in [1.82, 2.24) is 9.62 Å². The Morgan fingerprint density at radius 3 is 2.52 bits per heavy atom. The van der Waals surface area contributed by atoms with E-state index in [1.54, 1.807) is 17.0 Å². The van der Waals surface area contributed by atoms with Gasteiger partial charge in [-0.1, -0.05) is 0 Å². The number of benzene rings is 1. The molecule has 2 aliphatic rings. The molecule has 0 aliphatic carbocycles. The summed E-state index contributed by atoms with van der Waals surface area (Å²) in [5.41, 5.74) is 0.685. The van der Waals surface area contributed by atoms with Crippen LogP contribution in [0.5, 0.6) is 0 Å². The van der Waals surface area contributed by atoms with Crippen LogP contribution in [0.3, 0.4) is 0 Å². The second-order valence-corrected chi connectivity index (χ2v) is 9.08. The number of hydrogen-bond donors (Lipinski definition) is 1. The summed E-state index contributed by atoms with van der Waals surface area (Å²) in [5.74, 6) is -1.41. The van der Waals surface area contributed by atoms with Gasteiger partial charge in [-0.2, -0.15) is 4.31 Å². The SMILES string of the molecule is COC(=O)CNC(=O)[C@@H]1CCCN(S(=O)(=O)c2ccc(N3CCCC3=O)cc2)C1. The molecule has 10 heteroatoms. The molecule has 0 bridgehead atoms. The third kappa shape index (κ3) is 4.76. The van der Waals surface area contributed by atoms with Gasteiger partial charge in [-0.25, -0.2) is 8.42 Å². The Labute approximate surface area is 170 Å². The number of esters is 1. The van der Waals surface area contributed by atoms with E-state index in [9.17, 15) is 22.8 Å². The number of ether oxygens (including phenoxy) is 1. The van der Waals surface area contributed by atoms with Crippen LogP contribution >= 0.6 is 0 Å². The Hall–Kier alpha value is -2.46. The van der Waals surface area contributed by atoms with Crippen LogP contribution < -0.4 is 10.2 Å². The van der Waals surface area contributed by atoms with Crippen LogP contribution in [0, 0.1) is 5.92 Å². The third-order valence-electron chi connectivity index (χ3n) is 5.25. The number of anilines is 1. The number of methoxy groups -OCH3 is 1. The second-order valence-electron chi connectivity index (χ2n) is 7.14. The summed E-state index contributed by atoms with van der Waals surface area (Å²) >= 11 is 0. The highest BCUT2D eigenvalue weighted by Crippen LogP contribution is 2.27. The van der Waals surface area contributed by atoms with Crippen LogP contribution in [-0.2, 0) is 29.1 Å². The number of carbonyl (C=O) groups is 3. The van der Waals surface area contributed by atoms with Gasteiger partial charge in [-0.3, -0.25) is 14.4 Å². The fraction of sp³-hybridized carbons (Fsp3) is 0.526. The van der Waals surface area contributed by atoms with Crippen molar-refractivity contribution in [2.24, 2.45) is 5.92 Å². The molecule has 1 aromatic carbocycles. The van der Waals surface area contributed by atoms with Crippen LogP contribution in [0.4, 0.5) is 5.69 Å². The number of carbonyl (C=O) groups excluding carboxylic acids is 3. The first-order valence-corrected chi connectivity index (χ1v) is 11.0. The molecule has 0 radical (unpaired) electrons. The monoisotopic (exact) mass is 423 g/mol. The standard InChI is InChI=1S/C19H25N3O6S/c1-28-18(24)12-20-19(25)14-4-2-10-21(13-14)29(26,27)16-8-6-15(7-9-16)22-11-3-5-17(22)23/h6-9,14H,2-5,10-13H2,1H3,(H,20,25)/t14-/m1/s1. The van der Waals surface area contributed by atoms with E-state index in [2.05, 4.69) is 10.1 Å².